The van der Waals surface area contributed by atoms with Crippen LogP contribution in [0.4, 0.5) is 5.69 Å². The Morgan fingerprint density at radius 1 is 1.22 bits per heavy atom. The molecule has 0 bridgehead atoms. The van der Waals surface area contributed by atoms with E-state index < -0.39 is 17.7 Å². The van der Waals surface area contributed by atoms with Crippen LogP contribution in [-0.4, -0.2) is 46.6 Å². The van der Waals surface area contributed by atoms with Crippen molar-refractivity contribution in [2.75, 3.05) is 19.0 Å². The molecule has 1 heterocycles. The molecule has 1 amide bonds. The number of aromatic hydroxyl groups is 1. The van der Waals surface area contributed by atoms with E-state index in [2.05, 4.69) is 15.6 Å². The third-order valence-electron chi connectivity index (χ3n) is 4.75. The maximum atomic E-state index is 12.5. The molecule has 3 rings (SSSR count). The molecule has 0 aliphatic heterocycles. The first-order valence-electron chi connectivity index (χ1n) is 10.0. The number of ether oxygens (including phenoxy) is 2. The summed E-state index contributed by atoms with van der Waals surface area (Å²) in [5.74, 6) is 1.26. The van der Waals surface area contributed by atoms with Crippen molar-refractivity contribution in [1.29, 1.82) is 0 Å². The summed E-state index contributed by atoms with van der Waals surface area (Å²) < 4.78 is 16.3. The van der Waals surface area contributed by atoms with Crippen molar-refractivity contribution in [2.24, 2.45) is 0 Å². The topological polar surface area (TPSA) is 126 Å². The van der Waals surface area contributed by atoms with Gasteiger partial charge in [0.2, 0.25) is 6.23 Å². The summed E-state index contributed by atoms with van der Waals surface area (Å²) in [5.41, 5.74) is 0.579. The number of nitrogens with zero attached hydrogens (tertiary/aromatic N) is 1. The van der Waals surface area contributed by atoms with E-state index in [1.54, 1.807) is 36.5 Å². The number of aliphatic hydroxyl groups is 1. The monoisotopic (exact) mass is 441 g/mol. The molecule has 1 atom stereocenters. The molecular formula is C23H27N3O6. The summed E-state index contributed by atoms with van der Waals surface area (Å²) >= 11 is 0. The number of methoxy groups -OCH3 is 1. The predicted octanol–water partition coefficient (Wildman–Crippen LogP) is 3.15. The Hall–Kier alpha value is -3.72. The highest BCUT2D eigenvalue weighted by Gasteiger charge is 2.25. The molecule has 0 fully saturated rings. The molecule has 9 nitrogen and oxygen atoms in total. The fraction of sp³-hybridized carbons (Fsp3) is 0.304. The van der Waals surface area contributed by atoms with Crippen LogP contribution in [0.2, 0.25) is 0 Å². The van der Waals surface area contributed by atoms with E-state index in [9.17, 15) is 15.0 Å². The van der Waals surface area contributed by atoms with Crippen LogP contribution in [0.1, 0.15) is 20.3 Å². The lowest BCUT2D eigenvalue weighted by atomic mass is 10.0. The average molecular weight is 441 g/mol. The molecule has 0 spiro atoms. The van der Waals surface area contributed by atoms with Gasteiger partial charge in [-0.05, 0) is 50.2 Å². The van der Waals surface area contributed by atoms with Crippen LogP contribution in [-0.2, 0) is 4.79 Å². The molecular weight excluding hydrogens is 414 g/mol. The zero-order valence-corrected chi connectivity index (χ0v) is 18.2. The number of benzene rings is 2. The van der Waals surface area contributed by atoms with E-state index in [4.69, 9.17) is 13.9 Å². The maximum Gasteiger partial charge on any atom is 0.270 e. The van der Waals surface area contributed by atoms with E-state index in [0.29, 0.717) is 41.5 Å². The van der Waals surface area contributed by atoms with Crippen LogP contribution >= 0.6 is 0 Å². The molecule has 4 N–H and O–H groups in total. The van der Waals surface area contributed by atoms with Gasteiger partial charge in [0.15, 0.2) is 12.2 Å². The number of hydrogen-bond donors (Lipinski definition) is 4. The molecule has 0 radical (unpaired) electrons. The lowest BCUT2D eigenvalue weighted by Crippen LogP contribution is -2.50. The number of aliphatic hydroxyl groups excluding tert-OH is 1. The Kier molecular flexibility index (Phi) is 7.21. The number of carbonyl (C=O) groups is 1. The van der Waals surface area contributed by atoms with Crippen molar-refractivity contribution in [1.82, 2.24) is 10.3 Å². The Labute approximate surface area is 186 Å². The number of oxazole rings is 1. The molecule has 0 aliphatic carbocycles. The summed E-state index contributed by atoms with van der Waals surface area (Å²) in [6, 6.07) is 11.5. The first-order chi connectivity index (χ1) is 15.3. The Balaban J connectivity index is 1.53. The summed E-state index contributed by atoms with van der Waals surface area (Å²) in [6.07, 6.45) is 1.94. The third-order valence-corrected chi connectivity index (χ3v) is 4.75. The molecule has 3 aromatic rings. The number of hydrogen-bond acceptors (Lipinski definition) is 8. The number of phenolic OH excluding ortho intramolecular Hbond substituents is 1. The zero-order chi connectivity index (χ0) is 23.1. The van der Waals surface area contributed by atoms with Gasteiger partial charge in [-0.25, -0.2) is 4.98 Å². The summed E-state index contributed by atoms with van der Waals surface area (Å²) in [7, 11) is 1.52. The van der Waals surface area contributed by atoms with E-state index in [1.165, 1.54) is 25.6 Å². The minimum absolute atomic E-state index is 0.164. The van der Waals surface area contributed by atoms with Crippen molar-refractivity contribution < 1.29 is 28.9 Å². The molecule has 1 aromatic heterocycles. The highest BCUT2D eigenvalue weighted by atomic mass is 16.5. The quantitative estimate of drug-likeness (QED) is 0.354. The fourth-order valence-electron chi connectivity index (χ4n) is 2.99. The lowest BCUT2D eigenvalue weighted by molar-refractivity contribution is -0.129. The predicted molar refractivity (Wildman–Crippen MR) is 119 cm³/mol. The van der Waals surface area contributed by atoms with Crippen LogP contribution < -0.4 is 20.1 Å². The van der Waals surface area contributed by atoms with Crippen molar-refractivity contribution in [3.05, 3.63) is 55.1 Å². The van der Waals surface area contributed by atoms with Crippen molar-refractivity contribution in [2.45, 2.75) is 32.0 Å². The third kappa shape index (κ3) is 6.14. The number of amides is 1. The zero-order valence-electron chi connectivity index (χ0n) is 18.2. The Morgan fingerprint density at radius 3 is 2.62 bits per heavy atom. The number of nitrogens with one attached hydrogen (secondary N) is 2. The maximum absolute atomic E-state index is 12.5. The molecule has 0 saturated heterocycles. The Morgan fingerprint density at radius 2 is 1.97 bits per heavy atom. The number of aromatic nitrogens is 1. The second kappa shape index (κ2) is 10.1. The van der Waals surface area contributed by atoms with Crippen LogP contribution in [0.3, 0.4) is 0 Å². The first-order valence-corrected chi connectivity index (χ1v) is 10.0. The number of anilines is 1. The molecule has 0 aliphatic rings. The SMILES string of the molecule is COc1cc(NC(O)C(=O)NC(C)(C)CCOc2ccc(O)cc2)ccc1-c1cnco1. The van der Waals surface area contributed by atoms with Crippen molar-refractivity contribution >= 4 is 11.6 Å². The van der Waals surface area contributed by atoms with Gasteiger partial charge in [0.1, 0.15) is 17.2 Å². The van der Waals surface area contributed by atoms with Crippen LogP contribution in [0.5, 0.6) is 17.2 Å². The summed E-state index contributed by atoms with van der Waals surface area (Å²) in [6.45, 7) is 4.03. The van der Waals surface area contributed by atoms with Gasteiger partial charge < -0.3 is 34.7 Å². The number of carbonyl (C=O) groups excluding carboxylic acids is 1. The van der Waals surface area contributed by atoms with Crippen LogP contribution in [0.15, 0.2) is 59.5 Å². The standard InChI is InChI=1S/C23H27N3O6/c1-23(2,10-11-31-17-7-5-16(27)6-8-17)26-22(29)21(28)25-15-4-9-18(19(12-15)30-3)20-13-24-14-32-20/h4-9,12-14,21,25,27-28H,10-11H2,1-3H3,(H,26,29). The minimum Gasteiger partial charge on any atom is -0.508 e. The van der Waals surface area contributed by atoms with Crippen molar-refractivity contribution in [3.63, 3.8) is 0 Å². The van der Waals surface area contributed by atoms with Gasteiger partial charge in [-0.3, -0.25) is 4.79 Å². The fourth-order valence-corrected chi connectivity index (χ4v) is 2.99. The second-order valence-corrected chi connectivity index (χ2v) is 7.79. The van der Waals surface area contributed by atoms with Gasteiger partial charge in [-0.1, -0.05) is 0 Å². The summed E-state index contributed by atoms with van der Waals surface area (Å²) in [4.78, 5) is 16.4. The van der Waals surface area contributed by atoms with Gasteiger partial charge in [0, 0.05) is 23.7 Å². The van der Waals surface area contributed by atoms with E-state index in [0.717, 1.165) is 0 Å². The van der Waals surface area contributed by atoms with E-state index >= 15 is 0 Å². The molecule has 2 aromatic carbocycles. The van der Waals surface area contributed by atoms with Crippen LogP contribution in [0.25, 0.3) is 11.3 Å². The van der Waals surface area contributed by atoms with Gasteiger partial charge in [-0.2, -0.15) is 0 Å². The van der Waals surface area contributed by atoms with E-state index in [1.807, 2.05) is 13.8 Å². The molecule has 9 heteroatoms. The normalized spacial score (nSPS) is 12.1. The van der Waals surface area contributed by atoms with Gasteiger partial charge in [0.25, 0.3) is 5.91 Å². The molecule has 170 valence electrons. The largest absolute Gasteiger partial charge is 0.508 e. The highest BCUT2D eigenvalue weighted by molar-refractivity contribution is 5.84. The van der Waals surface area contributed by atoms with Gasteiger partial charge in [0.05, 0.1) is 25.5 Å². The highest BCUT2D eigenvalue weighted by Crippen LogP contribution is 2.32. The van der Waals surface area contributed by atoms with Crippen LogP contribution in [0, 0.1) is 0 Å². The first kappa shape index (κ1) is 23.0. The molecule has 0 saturated carbocycles. The number of phenols is 1. The van der Waals surface area contributed by atoms with Crippen molar-refractivity contribution in [3.8, 4) is 28.6 Å². The average Bonchev–Trinajstić information content (AvgIpc) is 3.29. The number of rotatable bonds is 10. The Bertz CT molecular complexity index is 1020. The smallest absolute Gasteiger partial charge is 0.270 e. The van der Waals surface area contributed by atoms with Gasteiger partial charge >= 0.3 is 0 Å². The molecule has 32 heavy (non-hydrogen) atoms. The van der Waals surface area contributed by atoms with E-state index in [-0.39, 0.29) is 5.75 Å². The molecule has 1 unspecified atom stereocenters. The van der Waals surface area contributed by atoms with Gasteiger partial charge in [-0.15, -0.1) is 0 Å². The lowest BCUT2D eigenvalue weighted by Gasteiger charge is -2.28. The summed E-state index contributed by atoms with van der Waals surface area (Å²) in [5, 5.41) is 25.2. The minimum atomic E-state index is -1.46. The second-order valence-electron chi connectivity index (χ2n) is 7.79.